The summed E-state index contributed by atoms with van der Waals surface area (Å²) < 4.78 is 5.14. The molecule has 1 aromatic carbocycles. The van der Waals surface area contributed by atoms with Crippen molar-refractivity contribution in [2.24, 2.45) is 0 Å². The number of hydrogen-bond acceptors (Lipinski definition) is 3. The van der Waals surface area contributed by atoms with Crippen LogP contribution < -0.4 is 10.1 Å². The molecule has 0 saturated carbocycles. The van der Waals surface area contributed by atoms with E-state index in [1.165, 1.54) is 7.11 Å². The average molecular weight is 245 g/mol. The van der Waals surface area contributed by atoms with Crippen molar-refractivity contribution in [2.75, 3.05) is 12.4 Å². The molecule has 0 aliphatic carbocycles. The summed E-state index contributed by atoms with van der Waals surface area (Å²) in [6.07, 6.45) is 0.845. The normalized spacial score (nSPS) is 10.1. The van der Waals surface area contributed by atoms with Gasteiger partial charge >= 0.3 is 0 Å². The third-order valence-corrected chi connectivity index (χ3v) is 2.61. The second-order valence-electron chi connectivity index (χ2n) is 3.79. The number of aryl methyl sites for hydroxylation is 1. The van der Waals surface area contributed by atoms with Crippen LogP contribution in [0.1, 0.15) is 23.0 Å². The monoisotopic (exact) mass is 245 g/mol. The highest BCUT2D eigenvalue weighted by Crippen LogP contribution is 2.18. The van der Waals surface area contributed by atoms with Crippen molar-refractivity contribution >= 4 is 11.7 Å². The molecular formula is C13H15N3O2. The van der Waals surface area contributed by atoms with Crippen molar-refractivity contribution in [3.8, 4) is 5.75 Å². The van der Waals surface area contributed by atoms with E-state index in [0.29, 0.717) is 17.1 Å². The van der Waals surface area contributed by atoms with E-state index in [-0.39, 0.29) is 5.91 Å². The summed E-state index contributed by atoms with van der Waals surface area (Å²) in [5, 5.41) is 9.58. The zero-order chi connectivity index (χ0) is 13.0. The predicted molar refractivity (Wildman–Crippen MR) is 68.9 cm³/mol. The van der Waals surface area contributed by atoms with E-state index in [1.54, 1.807) is 18.2 Å². The van der Waals surface area contributed by atoms with Crippen molar-refractivity contribution in [1.29, 1.82) is 0 Å². The summed E-state index contributed by atoms with van der Waals surface area (Å²) in [7, 11) is 1.54. The Morgan fingerprint density at radius 2 is 2.22 bits per heavy atom. The first-order valence-corrected chi connectivity index (χ1v) is 5.73. The van der Waals surface area contributed by atoms with Gasteiger partial charge in [0.25, 0.3) is 5.91 Å². The molecule has 0 fully saturated rings. The number of hydrogen-bond donors (Lipinski definition) is 2. The summed E-state index contributed by atoms with van der Waals surface area (Å²) in [5.74, 6) is 0.825. The van der Waals surface area contributed by atoms with Crippen molar-refractivity contribution in [1.82, 2.24) is 10.2 Å². The minimum atomic E-state index is -0.235. The molecular weight excluding hydrogens is 230 g/mol. The van der Waals surface area contributed by atoms with Crippen LogP contribution in [0.15, 0.2) is 30.3 Å². The highest BCUT2D eigenvalue weighted by molar-refractivity contribution is 6.05. The second kappa shape index (κ2) is 5.35. The lowest BCUT2D eigenvalue weighted by molar-refractivity contribution is 0.102. The molecule has 0 atom stereocenters. The van der Waals surface area contributed by atoms with Crippen LogP contribution in [0.5, 0.6) is 5.75 Å². The van der Waals surface area contributed by atoms with Crippen LogP contribution in [0, 0.1) is 0 Å². The summed E-state index contributed by atoms with van der Waals surface area (Å²) in [6, 6.07) is 8.88. The molecule has 1 heterocycles. The first-order chi connectivity index (χ1) is 8.74. The number of para-hydroxylation sites is 1. The fourth-order valence-electron chi connectivity index (χ4n) is 1.62. The van der Waals surface area contributed by atoms with Gasteiger partial charge in [0.1, 0.15) is 5.75 Å². The fraction of sp³-hybridized carbons (Fsp3) is 0.231. The average Bonchev–Trinajstić information content (AvgIpc) is 2.86. The Labute approximate surface area is 105 Å². The van der Waals surface area contributed by atoms with Gasteiger partial charge in [-0.1, -0.05) is 19.1 Å². The lowest BCUT2D eigenvalue weighted by Crippen LogP contribution is -2.13. The molecule has 2 aromatic rings. The van der Waals surface area contributed by atoms with Gasteiger partial charge < -0.3 is 10.1 Å². The van der Waals surface area contributed by atoms with Gasteiger partial charge in [0.2, 0.25) is 0 Å². The van der Waals surface area contributed by atoms with E-state index >= 15 is 0 Å². The van der Waals surface area contributed by atoms with Crippen LogP contribution in [-0.4, -0.2) is 23.2 Å². The third kappa shape index (κ3) is 2.51. The quantitative estimate of drug-likeness (QED) is 0.868. The summed E-state index contributed by atoms with van der Waals surface area (Å²) in [4.78, 5) is 12.0. The van der Waals surface area contributed by atoms with Gasteiger partial charge in [0, 0.05) is 11.8 Å². The summed E-state index contributed by atoms with van der Waals surface area (Å²) in [5.41, 5.74) is 1.46. The molecule has 0 saturated heterocycles. The maximum atomic E-state index is 12.0. The molecule has 18 heavy (non-hydrogen) atoms. The zero-order valence-corrected chi connectivity index (χ0v) is 10.4. The maximum Gasteiger partial charge on any atom is 0.260 e. The summed E-state index contributed by atoms with van der Waals surface area (Å²) in [6.45, 7) is 2.01. The number of benzene rings is 1. The van der Waals surface area contributed by atoms with Crippen LogP contribution in [0.3, 0.4) is 0 Å². The van der Waals surface area contributed by atoms with Gasteiger partial charge in [-0.3, -0.25) is 9.89 Å². The fourth-order valence-corrected chi connectivity index (χ4v) is 1.62. The number of aromatic nitrogens is 2. The van der Waals surface area contributed by atoms with E-state index in [4.69, 9.17) is 4.74 Å². The number of ether oxygens (including phenoxy) is 1. The Morgan fingerprint density at radius 1 is 1.44 bits per heavy atom. The van der Waals surface area contributed by atoms with E-state index in [2.05, 4.69) is 15.5 Å². The number of H-pyrrole nitrogens is 1. The van der Waals surface area contributed by atoms with Crippen molar-refractivity contribution in [2.45, 2.75) is 13.3 Å². The largest absolute Gasteiger partial charge is 0.496 e. The Morgan fingerprint density at radius 3 is 2.89 bits per heavy atom. The standard InChI is InChI=1S/C13H15N3O2/c1-3-9-8-12(16-15-9)14-13(17)10-6-4-5-7-11(10)18-2/h4-8H,3H2,1-2H3,(H2,14,15,16,17). The van der Waals surface area contributed by atoms with Gasteiger partial charge in [-0.2, -0.15) is 5.10 Å². The minimum Gasteiger partial charge on any atom is -0.496 e. The van der Waals surface area contributed by atoms with Crippen molar-refractivity contribution < 1.29 is 9.53 Å². The molecule has 1 amide bonds. The molecule has 0 aliphatic heterocycles. The number of aromatic amines is 1. The van der Waals surface area contributed by atoms with Crippen LogP contribution in [-0.2, 0) is 6.42 Å². The Kier molecular flexibility index (Phi) is 3.62. The molecule has 94 valence electrons. The van der Waals surface area contributed by atoms with E-state index in [0.717, 1.165) is 12.1 Å². The number of nitrogens with zero attached hydrogens (tertiary/aromatic N) is 1. The first kappa shape index (κ1) is 12.2. The first-order valence-electron chi connectivity index (χ1n) is 5.73. The predicted octanol–water partition coefficient (Wildman–Crippen LogP) is 2.23. The van der Waals surface area contributed by atoms with E-state index < -0.39 is 0 Å². The minimum absolute atomic E-state index is 0.235. The molecule has 0 radical (unpaired) electrons. The molecule has 0 unspecified atom stereocenters. The molecule has 1 aromatic heterocycles. The lowest BCUT2D eigenvalue weighted by atomic mass is 10.2. The zero-order valence-electron chi connectivity index (χ0n) is 10.4. The molecule has 2 rings (SSSR count). The van der Waals surface area contributed by atoms with E-state index in [1.807, 2.05) is 19.1 Å². The Balaban J connectivity index is 2.16. The van der Waals surface area contributed by atoms with Gasteiger partial charge in [-0.15, -0.1) is 0 Å². The molecule has 2 N–H and O–H groups in total. The molecule has 0 bridgehead atoms. The van der Waals surface area contributed by atoms with E-state index in [9.17, 15) is 4.79 Å². The van der Waals surface area contributed by atoms with Gasteiger partial charge in [-0.05, 0) is 18.6 Å². The maximum absolute atomic E-state index is 12.0. The molecule has 0 spiro atoms. The molecule has 5 nitrogen and oxygen atoms in total. The number of anilines is 1. The van der Waals surface area contributed by atoms with Gasteiger partial charge in [0.15, 0.2) is 5.82 Å². The third-order valence-electron chi connectivity index (χ3n) is 2.61. The van der Waals surface area contributed by atoms with Crippen LogP contribution in [0.4, 0.5) is 5.82 Å². The lowest BCUT2D eigenvalue weighted by Gasteiger charge is -2.06. The van der Waals surface area contributed by atoms with Crippen LogP contribution >= 0.6 is 0 Å². The highest BCUT2D eigenvalue weighted by Gasteiger charge is 2.12. The number of carbonyl (C=O) groups excluding carboxylic acids is 1. The van der Waals surface area contributed by atoms with Crippen molar-refractivity contribution in [3.05, 3.63) is 41.6 Å². The number of amides is 1. The van der Waals surface area contributed by atoms with Crippen LogP contribution in [0.2, 0.25) is 0 Å². The van der Waals surface area contributed by atoms with Gasteiger partial charge in [-0.25, -0.2) is 0 Å². The molecule has 5 heteroatoms. The molecule has 0 aliphatic rings. The number of methoxy groups -OCH3 is 1. The number of carbonyl (C=O) groups is 1. The topological polar surface area (TPSA) is 67.0 Å². The number of rotatable bonds is 4. The Bertz CT molecular complexity index is 549. The highest BCUT2D eigenvalue weighted by atomic mass is 16.5. The van der Waals surface area contributed by atoms with Crippen LogP contribution in [0.25, 0.3) is 0 Å². The SMILES string of the molecule is CCc1cc(NC(=O)c2ccccc2OC)n[nH]1. The van der Waals surface area contributed by atoms with Crippen molar-refractivity contribution in [3.63, 3.8) is 0 Å². The summed E-state index contributed by atoms with van der Waals surface area (Å²) >= 11 is 0. The van der Waals surface area contributed by atoms with Gasteiger partial charge in [0.05, 0.1) is 12.7 Å². The smallest absolute Gasteiger partial charge is 0.260 e. The Hall–Kier alpha value is -2.30. The second-order valence-corrected chi connectivity index (χ2v) is 3.79. The number of nitrogens with one attached hydrogen (secondary N) is 2.